The van der Waals surface area contributed by atoms with Crippen molar-refractivity contribution in [2.75, 3.05) is 0 Å². The van der Waals surface area contributed by atoms with Gasteiger partial charge in [-0.3, -0.25) is 4.79 Å². The van der Waals surface area contributed by atoms with E-state index < -0.39 is 0 Å². The van der Waals surface area contributed by atoms with Crippen LogP contribution in [-0.4, -0.2) is 10.9 Å². The van der Waals surface area contributed by atoms with Crippen LogP contribution in [-0.2, 0) is 11.3 Å². The van der Waals surface area contributed by atoms with Gasteiger partial charge in [0.05, 0.1) is 0 Å². The van der Waals surface area contributed by atoms with Gasteiger partial charge in [0.1, 0.15) is 0 Å². The Kier molecular flexibility index (Phi) is 3.41. The van der Waals surface area contributed by atoms with Crippen LogP contribution in [0.25, 0.3) is 10.9 Å². The number of nitrogens with one attached hydrogen (secondary N) is 2. The predicted molar refractivity (Wildman–Crippen MR) is 92.2 cm³/mol. The molecule has 0 bridgehead atoms. The molecule has 23 heavy (non-hydrogen) atoms. The number of aryl methyl sites for hydroxylation is 1. The molecule has 0 saturated heterocycles. The second kappa shape index (κ2) is 5.58. The Labute approximate surface area is 135 Å². The summed E-state index contributed by atoms with van der Waals surface area (Å²) in [4.78, 5) is 15.6. The fraction of sp³-hybridized carbons (Fsp3) is 0.250. The summed E-state index contributed by atoms with van der Waals surface area (Å²) < 4.78 is 0. The van der Waals surface area contributed by atoms with Gasteiger partial charge in [-0.1, -0.05) is 36.4 Å². The quantitative estimate of drug-likeness (QED) is 0.754. The minimum atomic E-state index is 0.135. The van der Waals surface area contributed by atoms with Gasteiger partial charge in [0.15, 0.2) is 0 Å². The molecule has 3 heteroatoms. The average molecular weight is 304 g/mol. The summed E-state index contributed by atoms with van der Waals surface area (Å²) >= 11 is 0. The summed E-state index contributed by atoms with van der Waals surface area (Å²) in [5.41, 5.74) is 4.72. The number of aromatic amines is 1. The van der Waals surface area contributed by atoms with Crippen molar-refractivity contribution in [2.24, 2.45) is 5.92 Å². The van der Waals surface area contributed by atoms with Crippen molar-refractivity contribution in [3.05, 3.63) is 71.4 Å². The molecule has 3 nitrogen and oxygen atoms in total. The van der Waals surface area contributed by atoms with Crippen LogP contribution in [0, 0.1) is 12.8 Å². The molecule has 2 unspecified atom stereocenters. The minimum absolute atomic E-state index is 0.135. The van der Waals surface area contributed by atoms with Crippen LogP contribution >= 0.6 is 0 Å². The Bertz CT molecular complexity index is 850. The maximum Gasteiger partial charge on any atom is 0.224 e. The second-order valence-electron chi connectivity index (χ2n) is 6.45. The highest BCUT2D eigenvalue weighted by molar-refractivity contribution is 5.83. The van der Waals surface area contributed by atoms with Gasteiger partial charge in [0.2, 0.25) is 5.91 Å². The molecule has 1 saturated carbocycles. The van der Waals surface area contributed by atoms with Crippen LogP contribution in [0.3, 0.4) is 0 Å². The molecule has 2 N–H and O–H groups in total. The first-order chi connectivity index (χ1) is 11.2. The van der Waals surface area contributed by atoms with Crippen LogP contribution in [0.4, 0.5) is 0 Å². The highest BCUT2D eigenvalue weighted by Gasteiger charge is 2.43. The van der Waals surface area contributed by atoms with E-state index in [1.54, 1.807) is 0 Å². The molecule has 1 heterocycles. The van der Waals surface area contributed by atoms with E-state index in [2.05, 4.69) is 53.6 Å². The number of hydrogen-bond donors (Lipinski definition) is 2. The summed E-state index contributed by atoms with van der Waals surface area (Å²) in [6.07, 6.45) is 0.964. The zero-order valence-electron chi connectivity index (χ0n) is 13.2. The summed E-state index contributed by atoms with van der Waals surface area (Å²) in [7, 11) is 0. The van der Waals surface area contributed by atoms with Crippen molar-refractivity contribution < 1.29 is 4.79 Å². The van der Waals surface area contributed by atoms with Crippen LogP contribution in [0.5, 0.6) is 0 Å². The molecule has 0 spiro atoms. The lowest BCUT2D eigenvalue weighted by atomic mass is 10.1. The molecule has 1 aliphatic carbocycles. The molecular weight excluding hydrogens is 284 g/mol. The summed E-state index contributed by atoms with van der Waals surface area (Å²) in [5, 5.41) is 4.28. The normalized spacial score (nSPS) is 19.7. The van der Waals surface area contributed by atoms with Gasteiger partial charge in [-0.05, 0) is 54.0 Å². The number of hydrogen-bond acceptors (Lipinski definition) is 1. The van der Waals surface area contributed by atoms with Crippen molar-refractivity contribution in [1.29, 1.82) is 0 Å². The fourth-order valence-electron chi connectivity index (χ4n) is 3.31. The highest BCUT2D eigenvalue weighted by atomic mass is 16.2. The highest BCUT2D eigenvalue weighted by Crippen LogP contribution is 2.47. The maximum absolute atomic E-state index is 12.3. The lowest BCUT2D eigenvalue weighted by Crippen LogP contribution is -2.24. The van der Waals surface area contributed by atoms with Gasteiger partial charge in [0, 0.05) is 23.7 Å². The van der Waals surface area contributed by atoms with Crippen molar-refractivity contribution >= 4 is 16.8 Å². The molecular formula is C20H20N2O. The zero-order valence-corrected chi connectivity index (χ0v) is 13.2. The Balaban J connectivity index is 1.38. The Morgan fingerprint density at radius 1 is 1.17 bits per heavy atom. The van der Waals surface area contributed by atoms with Crippen LogP contribution in [0.15, 0.2) is 54.6 Å². The average Bonchev–Trinajstić information content (AvgIpc) is 3.28. The van der Waals surface area contributed by atoms with Gasteiger partial charge in [-0.2, -0.15) is 0 Å². The van der Waals surface area contributed by atoms with Crippen molar-refractivity contribution in [2.45, 2.75) is 25.8 Å². The monoisotopic (exact) mass is 304 g/mol. The number of fused-ring (bicyclic) bond motifs is 1. The van der Waals surface area contributed by atoms with E-state index in [0.29, 0.717) is 12.5 Å². The summed E-state index contributed by atoms with van der Waals surface area (Å²) in [5.74, 6) is 0.700. The zero-order chi connectivity index (χ0) is 15.8. The van der Waals surface area contributed by atoms with Crippen LogP contribution < -0.4 is 5.32 Å². The van der Waals surface area contributed by atoms with Gasteiger partial charge < -0.3 is 10.3 Å². The van der Waals surface area contributed by atoms with Crippen molar-refractivity contribution in [3.63, 3.8) is 0 Å². The van der Waals surface area contributed by atoms with E-state index in [1.165, 1.54) is 10.9 Å². The standard InChI is InChI=1S/C20H20N2O/c1-13-9-16-10-14(7-8-19(16)22-13)12-21-20(23)18-11-17(18)15-5-3-2-4-6-15/h2-10,17-18,22H,11-12H2,1H3,(H,21,23). The molecule has 4 rings (SSSR count). The van der Waals surface area contributed by atoms with E-state index in [1.807, 2.05) is 18.2 Å². The third kappa shape index (κ3) is 2.87. The summed E-state index contributed by atoms with van der Waals surface area (Å²) in [6, 6.07) is 18.7. The number of amides is 1. The maximum atomic E-state index is 12.3. The minimum Gasteiger partial charge on any atom is -0.359 e. The fourth-order valence-corrected chi connectivity index (χ4v) is 3.31. The molecule has 116 valence electrons. The van der Waals surface area contributed by atoms with Gasteiger partial charge in [0.25, 0.3) is 0 Å². The molecule has 0 aliphatic heterocycles. The molecule has 1 fully saturated rings. The van der Waals surface area contributed by atoms with E-state index in [9.17, 15) is 4.79 Å². The SMILES string of the molecule is Cc1cc2cc(CNC(=O)C3CC3c3ccccc3)ccc2[nH]1. The van der Waals surface area contributed by atoms with Gasteiger partial charge in [-0.25, -0.2) is 0 Å². The first kappa shape index (κ1) is 14.1. The largest absolute Gasteiger partial charge is 0.359 e. The van der Waals surface area contributed by atoms with Gasteiger partial charge >= 0.3 is 0 Å². The number of benzene rings is 2. The number of aromatic nitrogens is 1. The van der Waals surface area contributed by atoms with Crippen LogP contribution in [0.2, 0.25) is 0 Å². The van der Waals surface area contributed by atoms with Crippen molar-refractivity contribution in [1.82, 2.24) is 10.3 Å². The first-order valence-electron chi connectivity index (χ1n) is 8.11. The number of rotatable bonds is 4. The third-order valence-electron chi connectivity index (χ3n) is 4.64. The van der Waals surface area contributed by atoms with E-state index in [-0.39, 0.29) is 11.8 Å². The second-order valence-corrected chi connectivity index (χ2v) is 6.45. The molecule has 1 amide bonds. The Morgan fingerprint density at radius 3 is 2.83 bits per heavy atom. The van der Waals surface area contributed by atoms with Crippen LogP contribution in [0.1, 0.15) is 29.2 Å². The molecule has 2 aromatic carbocycles. The van der Waals surface area contributed by atoms with Crippen molar-refractivity contribution in [3.8, 4) is 0 Å². The molecule has 3 aromatic rings. The molecule has 0 radical (unpaired) electrons. The summed E-state index contributed by atoms with van der Waals surface area (Å²) in [6.45, 7) is 2.65. The van der Waals surface area contributed by atoms with E-state index >= 15 is 0 Å². The number of carbonyl (C=O) groups excluding carboxylic acids is 1. The Morgan fingerprint density at radius 2 is 2.00 bits per heavy atom. The lowest BCUT2D eigenvalue weighted by Gasteiger charge is -2.06. The van der Waals surface area contributed by atoms with E-state index in [0.717, 1.165) is 23.2 Å². The topological polar surface area (TPSA) is 44.9 Å². The van der Waals surface area contributed by atoms with Gasteiger partial charge in [-0.15, -0.1) is 0 Å². The Hall–Kier alpha value is -2.55. The molecule has 2 atom stereocenters. The number of H-pyrrole nitrogens is 1. The smallest absolute Gasteiger partial charge is 0.224 e. The predicted octanol–water partition coefficient (Wildman–Crippen LogP) is 3.90. The third-order valence-corrected chi connectivity index (χ3v) is 4.64. The number of carbonyl (C=O) groups is 1. The van der Waals surface area contributed by atoms with E-state index in [4.69, 9.17) is 0 Å². The lowest BCUT2D eigenvalue weighted by molar-refractivity contribution is -0.122. The first-order valence-corrected chi connectivity index (χ1v) is 8.11. The molecule has 1 aliphatic rings. The molecule has 1 aromatic heterocycles.